The maximum absolute atomic E-state index is 10.2. The van der Waals surface area contributed by atoms with Gasteiger partial charge in [0.2, 0.25) is 0 Å². The van der Waals surface area contributed by atoms with E-state index < -0.39 is 11.3 Å². The minimum absolute atomic E-state index is 0. The zero-order chi connectivity index (χ0) is 27.7. The third kappa shape index (κ3) is 22.5. The maximum Gasteiger partial charge on any atom is 0.109 e. The van der Waals surface area contributed by atoms with Crippen molar-refractivity contribution in [1.82, 2.24) is 4.72 Å². The highest BCUT2D eigenvalue weighted by atomic mass is 35.5. The Morgan fingerprint density at radius 2 is 1.21 bits per heavy atom. The highest BCUT2D eigenvalue weighted by Gasteiger charge is 1.97. The molecule has 7 nitrogen and oxygen atoms in total. The number of nitrogens with one attached hydrogen (secondary N) is 1. The van der Waals surface area contributed by atoms with Crippen LogP contribution in [0.4, 0.5) is 22.7 Å². The van der Waals surface area contributed by atoms with E-state index in [0.717, 1.165) is 18.5 Å². The Bertz CT molecular complexity index is 887. The van der Waals surface area contributed by atoms with E-state index in [-0.39, 0.29) is 12.4 Å². The molecule has 222 valence electrons. The summed E-state index contributed by atoms with van der Waals surface area (Å²) in [7, 11) is 0. The molecule has 2 aromatic rings. The van der Waals surface area contributed by atoms with Gasteiger partial charge in [-0.05, 0) is 36.8 Å². The molecule has 0 aromatic heterocycles. The van der Waals surface area contributed by atoms with Crippen molar-refractivity contribution in [3.63, 3.8) is 0 Å². The van der Waals surface area contributed by atoms with Gasteiger partial charge in [0.1, 0.15) is 5.69 Å². The fourth-order valence-electron chi connectivity index (χ4n) is 4.10. The maximum atomic E-state index is 10.2. The van der Waals surface area contributed by atoms with Crippen LogP contribution in [0.5, 0.6) is 0 Å². The molecule has 2 rings (SSSR count). The highest BCUT2D eigenvalue weighted by molar-refractivity contribution is 7.77. The van der Waals surface area contributed by atoms with Crippen LogP contribution in [0.15, 0.2) is 58.8 Å². The van der Waals surface area contributed by atoms with Crippen molar-refractivity contribution < 1.29 is 8.76 Å². The van der Waals surface area contributed by atoms with Gasteiger partial charge in [0.05, 0.1) is 11.4 Å². The zero-order valence-corrected chi connectivity index (χ0v) is 25.5. The Hall–Kier alpha value is -2.00. The van der Waals surface area contributed by atoms with Crippen molar-refractivity contribution in [3.05, 3.63) is 48.5 Å². The Labute approximate surface area is 245 Å². The molecule has 0 saturated carbocycles. The molecule has 0 heterocycles. The normalized spacial score (nSPS) is 11.5. The molecule has 0 aliphatic carbocycles. The second kappa shape index (κ2) is 26.2. The standard InChI is InChI=1S/C18H39NO2S.C12H12N4.ClH/c1-2-3-4-5-6-7-8-9-10-11-12-13-14-15-16-17-18-19-22(20)21;13-9-6-7-12(11(14)8-9)16-15-10-4-2-1-3-5-10;/h19H,2-18H2,1H3,(H,20,21);1-8H,13-14H2;1H/p-1. The van der Waals surface area contributed by atoms with Crippen LogP contribution in [0.3, 0.4) is 0 Å². The second-order valence-electron chi connectivity index (χ2n) is 9.79. The van der Waals surface area contributed by atoms with E-state index in [1.807, 2.05) is 30.3 Å². The molecule has 0 aliphatic rings. The lowest BCUT2D eigenvalue weighted by atomic mass is 10.0. The van der Waals surface area contributed by atoms with E-state index in [0.29, 0.717) is 23.6 Å². The minimum Gasteiger partial charge on any atom is -0.760 e. The smallest absolute Gasteiger partial charge is 0.109 e. The average molecular weight is 581 g/mol. The number of hydrogen-bond donors (Lipinski definition) is 3. The predicted octanol–water partition coefficient (Wildman–Crippen LogP) is 9.32. The average Bonchev–Trinajstić information content (AvgIpc) is 2.91. The number of nitrogen functional groups attached to an aromatic ring is 2. The Balaban J connectivity index is 0.000000750. The molecule has 0 saturated heterocycles. The van der Waals surface area contributed by atoms with Crippen LogP contribution in [0.25, 0.3) is 0 Å². The molecular formula is C30H51ClN5O2S-. The van der Waals surface area contributed by atoms with Crippen LogP contribution in [0, 0.1) is 0 Å². The van der Waals surface area contributed by atoms with Gasteiger partial charge in [0.15, 0.2) is 0 Å². The van der Waals surface area contributed by atoms with E-state index >= 15 is 0 Å². The third-order valence-electron chi connectivity index (χ3n) is 6.33. The van der Waals surface area contributed by atoms with Gasteiger partial charge in [-0.15, -0.1) is 17.5 Å². The number of rotatable bonds is 20. The predicted molar refractivity (Wildman–Crippen MR) is 170 cm³/mol. The Morgan fingerprint density at radius 1 is 0.718 bits per heavy atom. The first-order valence-corrected chi connectivity index (χ1v) is 15.5. The molecule has 1 unspecified atom stereocenters. The molecule has 0 spiro atoms. The van der Waals surface area contributed by atoms with Crippen LogP contribution >= 0.6 is 12.4 Å². The number of benzene rings is 2. The lowest BCUT2D eigenvalue weighted by molar-refractivity contribution is 0.514. The number of nitrogens with two attached hydrogens (primary N) is 2. The van der Waals surface area contributed by atoms with Crippen molar-refractivity contribution >= 4 is 46.4 Å². The molecule has 2 aromatic carbocycles. The van der Waals surface area contributed by atoms with Crippen molar-refractivity contribution in [2.45, 2.75) is 110 Å². The van der Waals surface area contributed by atoms with Gasteiger partial charge in [-0.3, -0.25) is 4.21 Å². The lowest BCUT2D eigenvalue weighted by Crippen LogP contribution is -2.17. The summed E-state index contributed by atoms with van der Waals surface area (Å²) in [5.41, 5.74) is 13.9. The molecule has 5 N–H and O–H groups in total. The van der Waals surface area contributed by atoms with Gasteiger partial charge < -0.3 is 16.0 Å². The van der Waals surface area contributed by atoms with Gasteiger partial charge in [-0.2, -0.15) is 5.11 Å². The van der Waals surface area contributed by atoms with E-state index in [4.69, 9.17) is 11.5 Å². The van der Waals surface area contributed by atoms with Crippen LogP contribution in [-0.4, -0.2) is 15.3 Å². The van der Waals surface area contributed by atoms with E-state index in [1.54, 1.807) is 18.2 Å². The third-order valence-corrected chi connectivity index (χ3v) is 6.77. The van der Waals surface area contributed by atoms with Gasteiger partial charge in [0, 0.05) is 23.5 Å². The van der Waals surface area contributed by atoms with Crippen LogP contribution in [0.2, 0.25) is 0 Å². The van der Waals surface area contributed by atoms with Crippen LogP contribution in [0.1, 0.15) is 110 Å². The van der Waals surface area contributed by atoms with Gasteiger partial charge in [0.25, 0.3) is 0 Å². The molecule has 0 radical (unpaired) electrons. The molecule has 0 aliphatic heterocycles. The largest absolute Gasteiger partial charge is 0.760 e. The summed E-state index contributed by atoms with van der Waals surface area (Å²) in [5.74, 6) is 0. The van der Waals surface area contributed by atoms with Crippen molar-refractivity contribution in [2.75, 3.05) is 18.0 Å². The Morgan fingerprint density at radius 3 is 1.67 bits per heavy atom. The number of azo groups is 1. The number of halogens is 1. The summed E-state index contributed by atoms with van der Waals surface area (Å²) in [5, 5.41) is 8.13. The second-order valence-corrected chi connectivity index (χ2v) is 10.5. The summed E-state index contributed by atoms with van der Waals surface area (Å²) in [6.07, 6.45) is 21.5. The fraction of sp³-hybridized carbons (Fsp3) is 0.600. The molecule has 0 fully saturated rings. The molecule has 0 bridgehead atoms. The van der Waals surface area contributed by atoms with E-state index in [2.05, 4.69) is 21.9 Å². The van der Waals surface area contributed by atoms with E-state index in [1.165, 1.54) is 89.9 Å². The van der Waals surface area contributed by atoms with Gasteiger partial charge >= 0.3 is 0 Å². The summed E-state index contributed by atoms with van der Waals surface area (Å²) < 4.78 is 22.9. The zero-order valence-electron chi connectivity index (χ0n) is 23.8. The first-order valence-electron chi connectivity index (χ1n) is 14.5. The minimum atomic E-state index is -2.08. The molecule has 1 atom stereocenters. The molecule has 39 heavy (non-hydrogen) atoms. The quantitative estimate of drug-likeness (QED) is 0.0623. The van der Waals surface area contributed by atoms with Crippen LogP contribution < -0.4 is 16.2 Å². The topological polar surface area (TPSA) is 129 Å². The monoisotopic (exact) mass is 580 g/mol. The van der Waals surface area contributed by atoms with Crippen LogP contribution in [-0.2, 0) is 11.3 Å². The molecule has 9 heteroatoms. The number of anilines is 2. The summed E-state index contributed by atoms with van der Waals surface area (Å²) in [6, 6.07) is 14.6. The van der Waals surface area contributed by atoms with Crippen molar-refractivity contribution in [3.8, 4) is 0 Å². The summed E-state index contributed by atoms with van der Waals surface area (Å²) in [4.78, 5) is 0. The first-order chi connectivity index (χ1) is 18.5. The van der Waals surface area contributed by atoms with Crippen molar-refractivity contribution in [2.24, 2.45) is 10.2 Å². The molecular weight excluding hydrogens is 530 g/mol. The lowest BCUT2D eigenvalue weighted by Gasteiger charge is -2.06. The summed E-state index contributed by atoms with van der Waals surface area (Å²) in [6.45, 7) is 2.87. The number of nitrogens with zero attached hydrogens (tertiary/aromatic N) is 2. The summed E-state index contributed by atoms with van der Waals surface area (Å²) >= 11 is -2.08. The number of unbranched alkanes of at least 4 members (excludes halogenated alkanes) is 15. The molecule has 0 amide bonds. The SMILES string of the molecule is CCCCCCCCCCCCCCCCCCNS(=O)[O-].Cl.Nc1ccc(N=Nc2ccccc2)c(N)c1. The number of hydrogen-bond acceptors (Lipinski definition) is 6. The van der Waals surface area contributed by atoms with E-state index in [9.17, 15) is 8.76 Å². The van der Waals surface area contributed by atoms with Crippen molar-refractivity contribution in [1.29, 1.82) is 0 Å². The Kier molecular flexibility index (Phi) is 24.9. The van der Waals surface area contributed by atoms with Gasteiger partial charge in [-0.1, -0.05) is 121 Å². The fourth-order valence-corrected chi connectivity index (χ4v) is 4.41. The highest BCUT2D eigenvalue weighted by Crippen LogP contribution is 2.26. The van der Waals surface area contributed by atoms with Gasteiger partial charge in [-0.25, -0.2) is 4.72 Å². The first kappa shape index (κ1) is 37.0.